The molecule has 2 heterocycles. The van der Waals surface area contributed by atoms with Gasteiger partial charge in [-0.2, -0.15) is 0 Å². The Bertz CT molecular complexity index is 1810. The molecule has 0 amide bonds. The molecule has 0 unspecified atom stereocenters. The Balaban J connectivity index is 1.50. The van der Waals surface area contributed by atoms with Crippen molar-refractivity contribution in [1.82, 2.24) is 4.68 Å². The Morgan fingerprint density at radius 2 is 1.24 bits per heavy atom. The molecule has 6 nitrogen and oxygen atoms in total. The molecule has 0 atom stereocenters. The fourth-order valence-electron chi connectivity index (χ4n) is 4.66. The standard InChI is InChI=1S/C32H23N6/c1-5-13-23(14-6-1)31-33-27-21-28-30(22-29(27)37(35-31)25-17-9-3-10-18-25)38(26-19-11-4-12-20-26)36-32(34-28)24-15-7-2-8-16-24/h1-22H,(H,33,35)/q+1. The van der Waals surface area contributed by atoms with Gasteiger partial charge in [-0.25, -0.2) is 10.0 Å². The van der Waals surface area contributed by atoms with Gasteiger partial charge in [-0.1, -0.05) is 97.1 Å². The van der Waals surface area contributed by atoms with Crippen LogP contribution in [0.25, 0.3) is 0 Å². The number of nitrogens with one attached hydrogen (secondary N) is 1. The van der Waals surface area contributed by atoms with Crippen LogP contribution < -0.4 is 25.7 Å². The highest BCUT2D eigenvalue weighted by Crippen LogP contribution is 2.26. The van der Waals surface area contributed by atoms with Crippen molar-refractivity contribution < 1.29 is 0 Å². The van der Waals surface area contributed by atoms with E-state index in [0.717, 1.165) is 50.4 Å². The number of hydrazone groups is 2. The van der Waals surface area contributed by atoms with Gasteiger partial charge >= 0.3 is 0 Å². The Morgan fingerprint density at radius 3 is 1.92 bits per heavy atom. The summed E-state index contributed by atoms with van der Waals surface area (Å²) in [5, 5.41) is 17.3. The van der Waals surface area contributed by atoms with E-state index in [1.807, 2.05) is 94.6 Å². The van der Waals surface area contributed by atoms with Crippen molar-refractivity contribution in [2.75, 3.05) is 10.3 Å². The summed E-state index contributed by atoms with van der Waals surface area (Å²) in [6.45, 7) is 0. The predicted molar refractivity (Wildman–Crippen MR) is 153 cm³/mol. The summed E-state index contributed by atoms with van der Waals surface area (Å²) >= 11 is 0. The monoisotopic (exact) mass is 491 g/mol. The number of hydrogen-bond donors (Lipinski definition) is 1. The molecule has 0 aliphatic carbocycles. The average Bonchev–Trinajstić information content (AvgIpc) is 3.00. The predicted octanol–water partition coefficient (Wildman–Crippen LogP) is 5.43. The van der Waals surface area contributed by atoms with Gasteiger partial charge in [0.2, 0.25) is 11.5 Å². The average molecular weight is 492 g/mol. The van der Waals surface area contributed by atoms with Crippen LogP contribution >= 0.6 is 0 Å². The topological polar surface area (TPSA) is 55.4 Å². The van der Waals surface area contributed by atoms with Crippen LogP contribution in [0.1, 0.15) is 11.1 Å². The normalized spacial score (nSPS) is 13.9. The lowest BCUT2D eigenvalue weighted by Gasteiger charge is -2.24. The maximum absolute atomic E-state index is 5.03. The lowest BCUT2D eigenvalue weighted by Crippen LogP contribution is -2.37. The highest BCUT2D eigenvalue weighted by Gasteiger charge is 2.27. The van der Waals surface area contributed by atoms with E-state index < -0.39 is 0 Å². The molecule has 6 heteroatoms. The molecule has 0 bridgehead atoms. The van der Waals surface area contributed by atoms with E-state index >= 15 is 0 Å². The first-order chi connectivity index (χ1) is 18.8. The fraction of sp³-hybridized carbons (Fsp3) is 0. The first-order valence-electron chi connectivity index (χ1n) is 12.5. The maximum atomic E-state index is 5.03. The Morgan fingerprint density at radius 1 is 0.632 bits per heavy atom. The second-order valence-electron chi connectivity index (χ2n) is 8.99. The molecule has 2 aliphatic rings. The molecule has 5 aromatic carbocycles. The summed E-state index contributed by atoms with van der Waals surface area (Å²) < 4.78 is 1.98. The summed E-state index contributed by atoms with van der Waals surface area (Å²) in [6.07, 6.45) is 0. The van der Waals surface area contributed by atoms with Crippen molar-refractivity contribution in [3.8, 4) is 0 Å². The molecule has 38 heavy (non-hydrogen) atoms. The molecule has 180 valence electrons. The molecular formula is C32H23N6+. The molecule has 0 aromatic heterocycles. The minimum Gasteiger partial charge on any atom is -0.329 e. The molecule has 0 saturated carbocycles. The lowest BCUT2D eigenvalue weighted by atomic mass is 10.1. The van der Waals surface area contributed by atoms with Gasteiger partial charge in [0.15, 0.2) is 5.84 Å². The van der Waals surface area contributed by atoms with Gasteiger partial charge in [-0.3, -0.25) is 0 Å². The van der Waals surface area contributed by atoms with Crippen LogP contribution in [-0.4, -0.2) is 11.7 Å². The molecule has 0 fully saturated rings. The van der Waals surface area contributed by atoms with E-state index in [1.165, 1.54) is 0 Å². The first kappa shape index (κ1) is 21.9. The number of para-hydroxylation sites is 2. The number of anilines is 3. The van der Waals surface area contributed by atoms with Gasteiger partial charge < -0.3 is 5.32 Å². The summed E-state index contributed by atoms with van der Waals surface area (Å²) in [7, 11) is 0. The SMILES string of the molecule is c1ccc(C2=NN(c3ccccc3)c3cc4c(cc3=N2)NC(c2ccccc2)=N[N+]=4c2ccccc2)cc1. The van der Waals surface area contributed by atoms with E-state index in [9.17, 15) is 0 Å². The second-order valence-corrected chi connectivity index (χ2v) is 8.99. The highest BCUT2D eigenvalue weighted by molar-refractivity contribution is 6.09. The van der Waals surface area contributed by atoms with Crippen LogP contribution in [0.4, 0.5) is 22.7 Å². The molecule has 7 rings (SSSR count). The van der Waals surface area contributed by atoms with Crippen LogP contribution in [-0.2, 0) is 0 Å². The van der Waals surface area contributed by atoms with Crippen LogP contribution in [0.5, 0.6) is 0 Å². The van der Waals surface area contributed by atoms with Crippen molar-refractivity contribution in [3.05, 3.63) is 155 Å². The van der Waals surface area contributed by atoms with E-state index in [0.29, 0.717) is 5.84 Å². The van der Waals surface area contributed by atoms with Gasteiger partial charge in [0.1, 0.15) is 5.69 Å². The lowest BCUT2D eigenvalue weighted by molar-refractivity contribution is 0.787. The number of fused-ring (bicyclic) bond motifs is 2. The maximum Gasteiger partial charge on any atom is 0.264 e. The Kier molecular flexibility index (Phi) is 5.33. The van der Waals surface area contributed by atoms with Crippen LogP contribution in [0.15, 0.2) is 149 Å². The Labute approximate surface area is 219 Å². The minimum atomic E-state index is 0.662. The van der Waals surface area contributed by atoms with Crippen molar-refractivity contribution in [2.45, 2.75) is 0 Å². The smallest absolute Gasteiger partial charge is 0.264 e. The zero-order valence-corrected chi connectivity index (χ0v) is 20.4. The van der Waals surface area contributed by atoms with Gasteiger partial charge in [-0.15, -0.1) is 5.10 Å². The minimum absolute atomic E-state index is 0.662. The van der Waals surface area contributed by atoms with E-state index in [2.05, 4.69) is 53.8 Å². The van der Waals surface area contributed by atoms with Crippen molar-refractivity contribution in [1.29, 1.82) is 0 Å². The van der Waals surface area contributed by atoms with Crippen molar-refractivity contribution in [3.63, 3.8) is 0 Å². The van der Waals surface area contributed by atoms with Gasteiger partial charge in [0.05, 0.1) is 16.7 Å². The van der Waals surface area contributed by atoms with Crippen LogP contribution in [0, 0.1) is 0 Å². The third kappa shape index (κ3) is 3.94. The van der Waals surface area contributed by atoms with Crippen molar-refractivity contribution >= 4 is 34.4 Å². The van der Waals surface area contributed by atoms with E-state index in [-0.39, 0.29) is 0 Å². The summed E-state index contributed by atoms with van der Waals surface area (Å²) in [5.74, 6) is 1.43. The highest BCUT2D eigenvalue weighted by atomic mass is 15.5. The summed E-state index contributed by atoms with van der Waals surface area (Å²) in [6, 6.07) is 44.8. The molecule has 0 saturated heterocycles. The zero-order chi connectivity index (χ0) is 25.3. The van der Waals surface area contributed by atoms with Gasteiger partial charge in [0.25, 0.3) is 5.36 Å². The van der Waals surface area contributed by atoms with Crippen LogP contribution in [0.2, 0.25) is 0 Å². The third-order valence-corrected chi connectivity index (χ3v) is 6.50. The van der Waals surface area contributed by atoms with Gasteiger partial charge in [-0.05, 0) is 22.9 Å². The second kappa shape index (κ2) is 9.26. The molecular weight excluding hydrogens is 468 g/mol. The van der Waals surface area contributed by atoms with Crippen LogP contribution in [0.3, 0.4) is 0 Å². The Hall–Kier alpha value is -5.36. The molecule has 0 spiro atoms. The fourth-order valence-corrected chi connectivity index (χ4v) is 4.66. The van der Waals surface area contributed by atoms with Gasteiger partial charge in [0, 0.05) is 34.4 Å². The number of benzene rings is 5. The third-order valence-electron chi connectivity index (χ3n) is 6.50. The summed E-state index contributed by atoms with van der Waals surface area (Å²) in [4.78, 5) is 5.00. The number of nitrogens with zero attached hydrogens (tertiary/aromatic N) is 5. The van der Waals surface area contributed by atoms with Crippen molar-refractivity contribution in [2.24, 2.45) is 15.2 Å². The first-order valence-corrected chi connectivity index (χ1v) is 12.5. The number of rotatable bonds is 4. The zero-order valence-electron chi connectivity index (χ0n) is 20.4. The largest absolute Gasteiger partial charge is 0.329 e. The molecule has 1 N–H and O–H groups in total. The molecule has 2 aliphatic heterocycles. The summed E-state index contributed by atoms with van der Waals surface area (Å²) in [5.41, 5.74) is 5.70. The quantitative estimate of drug-likeness (QED) is 0.341. The number of hydrogen-bond acceptors (Lipinski definition) is 5. The molecule has 0 radical (unpaired) electrons. The molecule has 5 aromatic rings. The van der Waals surface area contributed by atoms with E-state index in [4.69, 9.17) is 15.2 Å². The number of amidine groups is 2. The van der Waals surface area contributed by atoms with E-state index in [1.54, 1.807) is 0 Å².